The molecule has 1 atom stereocenters. The third-order valence-electron chi connectivity index (χ3n) is 3.08. The predicted octanol–water partition coefficient (Wildman–Crippen LogP) is 3.01. The van der Waals surface area contributed by atoms with E-state index in [9.17, 15) is 9.59 Å². The number of aromatic nitrogens is 2. The van der Waals surface area contributed by atoms with E-state index in [1.165, 1.54) is 23.1 Å². The van der Waals surface area contributed by atoms with Crippen molar-refractivity contribution in [3.05, 3.63) is 0 Å². The quantitative estimate of drug-likeness (QED) is 0.415. The molecule has 6 nitrogen and oxygen atoms in total. The zero-order chi connectivity index (χ0) is 16.8. The van der Waals surface area contributed by atoms with Crippen LogP contribution >= 0.6 is 47.1 Å². The summed E-state index contributed by atoms with van der Waals surface area (Å²) in [5.74, 6) is 0.864. The lowest BCUT2D eigenvalue weighted by atomic mass is 10.2. The first-order valence-electron chi connectivity index (χ1n) is 7.33. The summed E-state index contributed by atoms with van der Waals surface area (Å²) in [7, 11) is 0. The van der Waals surface area contributed by atoms with E-state index in [2.05, 4.69) is 15.5 Å². The first-order chi connectivity index (χ1) is 11.0. The topological polar surface area (TPSA) is 75.2 Å². The molecule has 2 rings (SSSR count). The zero-order valence-electron chi connectivity index (χ0n) is 12.9. The lowest BCUT2D eigenvalue weighted by molar-refractivity contribution is -0.126. The van der Waals surface area contributed by atoms with E-state index in [0.29, 0.717) is 28.8 Å². The van der Waals surface area contributed by atoms with Crippen LogP contribution in [-0.2, 0) is 9.59 Å². The van der Waals surface area contributed by atoms with E-state index in [1.807, 2.05) is 13.8 Å². The third-order valence-corrected chi connectivity index (χ3v) is 6.69. The number of thioether (sulfide) groups is 2. The highest BCUT2D eigenvalue weighted by Crippen LogP contribution is 2.29. The molecule has 0 radical (unpaired) electrons. The molecule has 0 aliphatic carbocycles. The van der Waals surface area contributed by atoms with Crippen LogP contribution in [0.4, 0.5) is 5.13 Å². The summed E-state index contributed by atoms with van der Waals surface area (Å²) in [5, 5.41) is 11.1. The van der Waals surface area contributed by atoms with Gasteiger partial charge in [0.25, 0.3) is 0 Å². The summed E-state index contributed by atoms with van der Waals surface area (Å²) in [4.78, 5) is 25.6. The monoisotopic (exact) mass is 390 g/mol. The molecule has 1 saturated heterocycles. The summed E-state index contributed by atoms with van der Waals surface area (Å²) < 4.78 is 1.46. The molecule has 0 saturated carbocycles. The number of carbonyl (C=O) groups excluding carboxylic acids is 2. The fourth-order valence-electron chi connectivity index (χ4n) is 1.98. The molecule has 1 aromatic rings. The second-order valence-electron chi connectivity index (χ2n) is 4.73. The van der Waals surface area contributed by atoms with Crippen LogP contribution in [0.3, 0.4) is 0 Å². The largest absolute Gasteiger partial charge is 0.301 e. The Morgan fingerprint density at radius 3 is 2.87 bits per heavy atom. The Bertz CT molecular complexity index is 592. The highest BCUT2D eigenvalue weighted by atomic mass is 32.2. The molecule has 126 valence electrons. The zero-order valence-corrected chi connectivity index (χ0v) is 16.2. The molecule has 1 fully saturated rings. The minimum absolute atomic E-state index is 0.0628. The molecule has 0 spiro atoms. The van der Waals surface area contributed by atoms with E-state index in [4.69, 9.17) is 12.2 Å². The molecular formula is C13H18N4O2S4. The van der Waals surface area contributed by atoms with Gasteiger partial charge < -0.3 is 5.32 Å². The number of thiocarbonyl (C=S) groups is 1. The molecule has 0 bridgehead atoms. The summed E-state index contributed by atoms with van der Waals surface area (Å²) in [6.07, 6.45) is 1.67. The number of hydrogen-bond acceptors (Lipinski definition) is 8. The Labute approximate surface area is 153 Å². The summed E-state index contributed by atoms with van der Waals surface area (Å²) in [6, 6.07) is 0. The molecule has 1 N–H and O–H groups in total. The van der Waals surface area contributed by atoms with Crippen molar-refractivity contribution in [2.24, 2.45) is 0 Å². The lowest BCUT2D eigenvalue weighted by Gasteiger charge is -2.14. The molecule has 1 unspecified atom stereocenters. The second-order valence-corrected chi connectivity index (χ2v) is 9.05. The minimum atomic E-state index is -0.119. The van der Waals surface area contributed by atoms with Crippen LogP contribution < -0.4 is 5.32 Å². The van der Waals surface area contributed by atoms with Gasteiger partial charge in [-0.3, -0.25) is 14.5 Å². The summed E-state index contributed by atoms with van der Waals surface area (Å²) in [6.45, 7) is 4.50. The number of hydrogen-bond donors (Lipinski definition) is 1. The molecule has 1 aliphatic heterocycles. The highest BCUT2D eigenvalue weighted by Gasteiger charge is 2.35. The van der Waals surface area contributed by atoms with E-state index in [1.54, 1.807) is 16.7 Å². The van der Waals surface area contributed by atoms with Crippen molar-refractivity contribution in [3.8, 4) is 0 Å². The average Bonchev–Trinajstić information content (AvgIpc) is 3.06. The Morgan fingerprint density at radius 1 is 1.43 bits per heavy atom. The lowest BCUT2D eigenvalue weighted by Crippen LogP contribution is -2.32. The Kier molecular flexibility index (Phi) is 7.25. The third kappa shape index (κ3) is 5.13. The van der Waals surface area contributed by atoms with Crippen LogP contribution in [0.1, 0.15) is 33.1 Å². The van der Waals surface area contributed by atoms with Gasteiger partial charge >= 0.3 is 0 Å². The Hall–Kier alpha value is -0.710. The minimum Gasteiger partial charge on any atom is -0.301 e. The van der Waals surface area contributed by atoms with Crippen LogP contribution in [0, 0.1) is 0 Å². The van der Waals surface area contributed by atoms with Gasteiger partial charge in [0.1, 0.15) is 4.32 Å². The van der Waals surface area contributed by atoms with Gasteiger partial charge in [-0.25, -0.2) is 0 Å². The van der Waals surface area contributed by atoms with Crippen LogP contribution in [0.5, 0.6) is 0 Å². The van der Waals surface area contributed by atoms with Crippen molar-refractivity contribution in [1.29, 1.82) is 0 Å². The molecule has 23 heavy (non-hydrogen) atoms. The first kappa shape index (κ1) is 18.6. The maximum atomic E-state index is 12.1. The normalized spacial score (nSPS) is 17.8. The van der Waals surface area contributed by atoms with Crippen LogP contribution in [0.2, 0.25) is 0 Å². The SMILES string of the molecule is CCSc1nnc(NC(=O)CCCN2C(=O)C(CC)SC2=S)s1. The molecular weight excluding hydrogens is 372 g/mol. The fraction of sp³-hybridized carbons (Fsp3) is 0.615. The first-order valence-corrected chi connectivity index (χ1v) is 10.4. The predicted molar refractivity (Wildman–Crippen MR) is 100 cm³/mol. The number of nitrogens with zero attached hydrogens (tertiary/aromatic N) is 3. The van der Waals surface area contributed by atoms with E-state index in [0.717, 1.165) is 16.5 Å². The Balaban J connectivity index is 1.74. The van der Waals surface area contributed by atoms with E-state index >= 15 is 0 Å². The number of anilines is 1. The van der Waals surface area contributed by atoms with Gasteiger partial charge in [0, 0.05) is 13.0 Å². The van der Waals surface area contributed by atoms with Crippen molar-refractivity contribution < 1.29 is 9.59 Å². The standard InChI is InChI=1S/C13H18N4O2S4/c1-3-8-10(19)17(13(20)22-8)7-5-6-9(18)14-11-15-16-12(23-11)21-4-2/h8H,3-7H2,1-2H3,(H,14,15,18). The van der Waals surface area contributed by atoms with Gasteiger partial charge in [-0.05, 0) is 18.6 Å². The van der Waals surface area contributed by atoms with Crippen molar-refractivity contribution in [2.75, 3.05) is 17.6 Å². The van der Waals surface area contributed by atoms with Gasteiger partial charge in [-0.15, -0.1) is 10.2 Å². The van der Waals surface area contributed by atoms with Crippen molar-refractivity contribution in [1.82, 2.24) is 15.1 Å². The van der Waals surface area contributed by atoms with Gasteiger partial charge in [0.2, 0.25) is 16.9 Å². The molecule has 2 amide bonds. The molecule has 10 heteroatoms. The molecule has 0 aromatic carbocycles. The maximum Gasteiger partial charge on any atom is 0.241 e. The van der Waals surface area contributed by atoms with Gasteiger partial charge in [0.05, 0.1) is 5.25 Å². The number of carbonyl (C=O) groups is 2. The van der Waals surface area contributed by atoms with Crippen LogP contribution in [0.15, 0.2) is 4.34 Å². The van der Waals surface area contributed by atoms with Crippen molar-refractivity contribution >= 4 is 68.3 Å². The van der Waals surface area contributed by atoms with Gasteiger partial charge in [-0.1, -0.05) is 60.9 Å². The molecule has 1 aliphatic rings. The van der Waals surface area contributed by atoms with Crippen molar-refractivity contribution in [3.63, 3.8) is 0 Å². The maximum absolute atomic E-state index is 12.1. The van der Waals surface area contributed by atoms with Crippen molar-refractivity contribution in [2.45, 2.75) is 42.7 Å². The summed E-state index contributed by atoms with van der Waals surface area (Å²) >= 11 is 9.62. The molecule has 2 heterocycles. The van der Waals surface area contributed by atoms with E-state index < -0.39 is 0 Å². The number of nitrogens with one attached hydrogen (secondary N) is 1. The summed E-state index contributed by atoms with van der Waals surface area (Å²) in [5.41, 5.74) is 0. The number of amides is 2. The second kappa shape index (κ2) is 8.95. The molecule has 1 aromatic heterocycles. The average molecular weight is 391 g/mol. The van der Waals surface area contributed by atoms with E-state index in [-0.39, 0.29) is 17.1 Å². The fourth-order valence-corrected chi connectivity index (χ4v) is 5.12. The smallest absolute Gasteiger partial charge is 0.241 e. The number of rotatable bonds is 8. The van der Waals surface area contributed by atoms with Crippen LogP contribution in [0.25, 0.3) is 0 Å². The van der Waals surface area contributed by atoms with Crippen LogP contribution in [-0.4, -0.2) is 48.8 Å². The van der Waals surface area contributed by atoms with Gasteiger partial charge in [-0.2, -0.15) is 0 Å². The highest BCUT2D eigenvalue weighted by molar-refractivity contribution is 8.24. The van der Waals surface area contributed by atoms with Gasteiger partial charge in [0.15, 0.2) is 4.34 Å². The Morgan fingerprint density at radius 2 is 2.22 bits per heavy atom.